The van der Waals surface area contributed by atoms with Crippen LogP contribution >= 0.6 is 0 Å². The molecule has 118 valence electrons. The van der Waals surface area contributed by atoms with Crippen LogP contribution in [0.4, 0.5) is 8.78 Å². The quantitative estimate of drug-likeness (QED) is 0.689. The number of fused-ring (bicyclic) bond motifs is 1. The standard InChI is InChI=1S/C17H12F2O4/c1-21-11-2-4-13-10(6-17(20)23-16(13)8-11)9-22-12-3-5-14(18)15(19)7-12/h2-8H,9H2,1H3. The van der Waals surface area contributed by atoms with E-state index in [1.54, 1.807) is 18.2 Å². The molecular formula is C17H12F2O4. The van der Waals surface area contributed by atoms with Gasteiger partial charge in [-0.15, -0.1) is 0 Å². The van der Waals surface area contributed by atoms with E-state index >= 15 is 0 Å². The van der Waals surface area contributed by atoms with E-state index < -0.39 is 17.3 Å². The van der Waals surface area contributed by atoms with E-state index in [-0.39, 0.29) is 12.4 Å². The van der Waals surface area contributed by atoms with Crippen molar-refractivity contribution >= 4 is 11.0 Å². The van der Waals surface area contributed by atoms with Crippen molar-refractivity contribution in [2.75, 3.05) is 7.11 Å². The number of hydrogen-bond acceptors (Lipinski definition) is 4. The van der Waals surface area contributed by atoms with Gasteiger partial charge in [-0.2, -0.15) is 0 Å². The second-order valence-corrected chi connectivity index (χ2v) is 4.82. The van der Waals surface area contributed by atoms with Gasteiger partial charge in [-0.1, -0.05) is 0 Å². The average molecular weight is 318 g/mol. The Morgan fingerprint density at radius 1 is 1.00 bits per heavy atom. The van der Waals surface area contributed by atoms with Gasteiger partial charge in [0.1, 0.15) is 23.7 Å². The van der Waals surface area contributed by atoms with Crippen LogP contribution in [-0.4, -0.2) is 7.11 Å². The summed E-state index contributed by atoms with van der Waals surface area (Å²) in [5.41, 5.74) is 0.402. The molecule has 1 heterocycles. The topological polar surface area (TPSA) is 48.7 Å². The van der Waals surface area contributed by atoms with E-state index in [4.69, 9.17) is 13.9 Å². The molecule has 3 aromatic rings. The number of ether oxygens (including phenoxy) is 2. The first-order valence-corrected chi connectivity index (χ1v) is 6.75. The second-order valence-electron chi connectivity index (χ2n) is 4.82. The summed E-state index contributed by atoms with van der Waals surface area (Å²) < 4.78 is 41.7. The molecular weight excluding hydrogens is 306 g/mol. The maximum atomic E-state index is 13.2. The largest absolute Gasteiger partial charge is 0.497 e. The highest BCUT2D eigenvalue weighted by atomic mass is 19.2. The third kappa shape index (κ3) is 3.15. The molecule has 0 spiro atoms. The van der Waals surface area contributed by atoms with E-state index in [1.807, 2.05) is 0 Å². The molecule has 0 N–H and O–H groups in total. The molecule has 0 aliphatic heterocycles. The highest BCUT2D eigenvalue weighted by Gasteiger charge is 2.09. The minimum Gasteiger partial charge on any atom is -0.497 e. The Hall–Kier alpha value is -2.89. The first kappa shape index (κ1) is 15.0. The lowest BCUT2D eigenvalue weighted by molar-refractivity contribution is 0.303. The predicted molar refractivity (Wildman–Crippen MR) is 79.7 cm³/mol. The fourth-order valence-electron chi connectivity index (χ4n) is 2.18. The SMILES string of the molecule is COc1ccc2c(COc3ccc(F)c(F)c3)cc(=O)oc2c1. The van der Waals surface area contributed by atoms with Gasteiger partial charge in [0.15, 0.2) is 11.6 Å². The van der Waals surface area contributed by atoms with Crippen LogP contribution in [0.5, 0.6) is 11.5 Å². The van der Waals surface area contributed by atoms with Gasteiger partial charge in [0.2, 0.25) is 0 Å². The van der Waals surface area contributed by atoms with Crippen LogP contribution in [0.2, 0.25) is 0 Å². The fraction of sp³-hybridized carbons (Fsp3) is 0.118. The van der Waals surface area contributed by atoms with Crippen molar-refractivity contribution in [2.24, 2.45) is 0 Å². The zero-order chi connectivity index (χ0) is 16.4. The zero-order valence-electron chi connectivity index (χ0n) is 12.1. The zero-order valence-corrected chi connectivity index (χ0v) is 12.1. The summed E-state index contributed by atoms with van der Waals surface area (Å²) in [5, 5.41) is 0.674. The van der Waals surface area contributed by atoms with Crippen LogP contribution in [0.25, 0.3) is 11.0 Å². The lowest BCUT2D eigenvalue weighted by Gasteiger charge is -2.09. The van der Waals surface area contributed by atoms with E-state index in [0.29, 0.717) is 22.3 Å². The number of rotatable bonds is 4. The maximum Gasteiger partial charge on any atom is 0.336 e. The molecule has 0 fully saturated rings. The minimum atomic E-state index is -0.996. The van der Waals surface area contributed by atoms with Crippen molar-refractivity contribution in [1.29, 1.82) is 0 Å². The molecule has 0 bridgehead atoms. The lowest BCUT2D eigenvalue weighted by atomic mass is 10.1. The van der Waals surface area contributed by atoms with Crippen molar-refractivity contribution in [3.8, 4) is 11.5 Å². The monoisotopic (exact) mass is 318 g/mol. The summed E-state index contributed by atoms with van der Waals surface area (Å²) in [5.74, 6) is -1.22. The Bertz CT molecular complexity index is 918. The second kappa shape index (κ2) is 6.08. The molecule has 0 saturated heterocycles. The van der Waals surface area contributed by atoms with Crippen molar-refractivity contribution in [2.45, 2.75) is 6.61 Å². The summed E-state index contributed by atoms with van der Waals surface area (Å²) in [4.78, 5) is 11.6. The fourth-order valence-corrected chi connectivity index (χ4v) is 2.18. The van der Waals surface area contributed by atoms with Gasteiger partial charge in [-0.05, 0) is 24.3 Å². The lowest BCUT2D eigenvalue weighted by Crippen LogP contribution is -2.04. The smallest absolute Gasteiger partial charge is 0.336 e. The van der Waals surface area contributed by atoms with Crippen molar-refractivity contribution in [3.05, 3.63) is 70.1 Å². The Morgan fingerprint density at radius 2 is 1.78 bits per heavy atom. The van der Waals surface area contributed by atoms with Gasteiger partial charge in [-0.3, -0.25) is 0 Å². The van der Waals surface area contributed by atoms with Crippen LogP contribution in [0.3, 0.4) is 0 Å². The molecule has 0 aliphatic carbocycles. The predicted octanol–water partition coefficient (Wildman–Crippen LogP) is 3.66. The van der Waals surface area contributed by atoms with Gasteiger partial charge < -0.3 is 13.9 Å². The Kier molecular flexibility index (Phi) is 3.97. The van der Waals surface area contributed by atoms with E-state index in [2.05, 4.69) is 0 Å². The van der Waals surface area contributed by atoms with Crippen LogP contribution in [0.1, 0.15) is 5.56 Å². The normalized spacial score (nSPS) is 10.7. The van der Waals surface area contributed by atoms with Crippen LogP contribution in [0.15, 0.2) is 51.7 Å². The molecule has 1 aromatic heterocycles. The van der Waals surface area contributed by atoms with Crippen molar-refractivity contribution < 1.29 is 22.7 Å². The Balaban J connectivity index is 1.93. The molecule has 0 radical (unpaired) electrons. The molecule has 0 saturated carbocycles. The molecule has 0 amide bonds. The summed E-state index contributed by atoms with van der Waals surface area (Å²) >= 11 is 0. The van der Waals surface area contributed by atoms with E-state index in [1.165, 1.54) is 19.2 Å². The molecule has 2 aromatic carbocycles. The number of methoxy groups -OCH3 is 1. The third-order valence-corrected chi connectivity index (χ3v) is 3.32. The molecule has 0 unspecified atom stereocenters. The van der Waals surface area contributed by atoms with Gasteiger partial charge in [0, 0.05) is 29.1 Å². The van der Waals surface area contributed by atoms with Crippen LogP contribution in [-0.2, 0) is 6.61 Å². The Labute approximate surface area is 129 Å². The molecule has 4 nitrogen and oxygen atoms in total. The van der Waals surface area contributed by atoms with Crippen LogP contribution < -0.4 is 15.1 Å². The number of halogens is 2. The van der Waals surface area contributed by atoms with Gasteiger partial charge >= 0.3 is 5.63 Å². The molecule has 23 heavy (non-hydrogen) atoms. The van der Waals surface area contributed by atoms with Gasteiger partial charge in [0.05, 0.1) is 7.11 Å². The molecule has 6 heteroatoms. The highest BCUT2D eigenvalue weighted by molar-refractivity contribution is 5.81. The van der Waals surface area contributed by atoms with Gasteiger partial charge in [-0.25, -0.2) is 13.6 Å². The van der Waals surface area contributed by atoms with E-state index in [9.17, 15) is 13.6 Å². The molecule has 0 aliphatic rings. The van der Waals surface area contributed by atoms with E-state index in [0.717, 1.165) is 12.1 Å². The maximum absolute atomic E-state index is 13.2. The third-order valence-electron chi connectivity index (χ3n) is 3.32. The van der Waals surface area contributed by atoms with Crippen molar-refractivity contribution in [3.63, 3.8) is 0 Å². The minimum absolute atomic E-state index is 0.0134. The number of benzene rings is 2. The van der Waals surface area contributed by atoms with Crippen molar-refractivity contribution in [1.82, 2.24) is 0 Å². The Morgan fingerprint density at radius 3 is 2.52 bits per heavy atom. The first-order chi connectivity index (χ1) is 11.1. The van der Waals surface area contributed by atoms with Crippen LogP contribution in [0, 0.1) is 11.6 Å². The average Bonchev–Trinajstić information content (AvgIpc) is 2.54. The first-order valence-electron chi connectivity index (χ1n) is 6.75. The molecule has 3 rings (SSSR count). The summed E-state index contributed by atoms with van der Waals surface area (Å²) in [6, 6.07) is 9.60. The summed E-state index contributed by atoms with van der Waals surface area (Å²) in [6.45, 7) is 0.0134. The summed E-state index contributed by atoms with van der Waals surface area (Å²) in [7, 11) is 1.51. The van der Waals surface area contributed by atoms with Gasteiger partial charge in [0.25, 0.3) is 0 Å². The summed E-state index contributed by atoms with van der Waals surface area (Å²) in [6.07, 6.45) is 0. The molecule has 0 atom stereocenters. The number of hydrogen-bond donors (Lipinski definition) is 0. The highest BCUT2D eigenvalue weighted by Crippen LogP contribution is 2.24.